The van der Waals surface area contributed by atoms with Crippen molar-refractivity contribution in [3.8, 4) is 5.75 Å². The summed E-state index contributed by atoms with van der Waals surface area (Å²) in [6, 6.07) is 25.1. The van der Waals surface area contributed by atoms with Crippen LogP contribution in [0.4, 0.5) is 5.69 Å². The van der Waals surface area contributed by atoms with Crippen LogP contribution in [0.15, 0.2) is 83.8 Å². The lowest BCUT2D eigenvalue weighted by Gasteiger charge is -2.11. The summed E-state index contributed by atoms with van der Waals surface area (Å²) < 4.78 is 5.81. The lowest BCUT2D eigenvalue weighted by molar-refractivity contribution is 0.102. The number of ether oxygens (including phenoxy) is 1. The highest BCUT2D eigenvalue weighted by atomic mass is 32.2. The Balaban J connectivity index is 1.68. The highest BCUT2D eigenvalue weighted by Crippen LogP contribution is 2.27. The van der Waals surface area contributed by atoms with Gasteiger partial charge in [0, 0.05) is 10.5 Å². The van der Waals surface area contributed by atoms with Gasteiger partial charge < -0.3 is 10.1 Å². The van der Waals surface area contributed by atoms with E-state index in [0.29, 0.717) is 17.9 Å². The van der Waals surface area contributed by atoms with Crippen LogP contribution in [0.5, 0.6) is 5.75 Å². The maximum Gasteiger partial charge on any atom is 0.255 e. The molecule has 0 heterocycles. The van der Waals surface area contributed by atoms with Crippen LogP contribution in [0.2, 0.25) is 0 Å². The molecule has 132 valence electrons. The normalized spacial score (nSPS) is 10.3. The van der Waals surface area contributed by atoms with Gasteiger partial charge in [0.25, 0.3) is 5.91 Å². The SMILES string of the molecule is CCSc1ccccc1NC(=O)c1cccc(OCc2ccccc2)c1. The molecule has 0 unspecified atom stereocenters. The largest absolute Gasteiger partial charge is 0.489 e. The van der Waals surface area contributed by atoms with Crippen LogP contribution < -0.4 is 10.1 Å². The van der Waals surface area contributed by atoms with Crippen LogP contribution in [0, 0.1) is 0 Å². The summed E-state index contributed by atoms with van der Waals surface area (Å²) in [4.78, 5) is 13.7. The van der Waals surface area contributed by atoms with Gasteiger partial charge in [0.15, 0.2) is 0 Å². The van der Waals surface area contributed by atoms with E-state index in [1.165, 1.54) is 0 Å². The topological polar surface area (TPSA) is 38.3 Å². The molecule has 0 radical (unpaired) electrons. The number of carbonyl (C=O) groups is 1. The molecule has 0 saturated carbocycles. The summed E-state index contributed by atoms with van der Waals surface area (Å²) in [5, 5.41) is 3.00. The lowest BCUT2D eigenvalue weighted by Crippen LogP contribution is -2.12. The van der Waals surface area contributed by atoms with Crippen molar-refractivity contribution in [1.29, 1.82) is 0 Å². The van der Waals surface area contributed by atoms with Gasteiger partial charge in [-0.25, -0.2) is 0 Å². The van der Waals surface area contributed by atoms with E-state index >= 15 is 0 Å². The van der Waals surface area contributed by atoms with Crippen molar-refractivity contribution in [2.45, 2.75) is 18.4 Å². The highest BCUT2D eigenvalue weighted by molar-refractivity contribution is 7.99. The third-order valence-electron chi connectivity index (χ3n) is 3.78. The maximum absolute atomic E-state index is 12.6. The summed E-state index contributed by atoms with van der Waals surface area (Å²) in [5.74, 6) is 1.49. The van der Waals surface area contributed by atoms with Gasteiger partial charge in [-0.1, -0.05) is 55.5 Å². The zero-order chi connectivity index (χ0) is 18.2. The Morgan fingerprint density at radius 1 is 0.962 bits per heavy atom. The summed E-state index contributed by atoms with van der Waals surface area (Å²) in [6.45, 7) is 2.57. The molecule has 4 heteroatoms. The molecule has 0 atom stereocenters. The molecule has 0 aliphatic carbocycles. The van der Waals surface area contributed by atoms with E-state index in [0.717, 1.165) is 21.9 Å². The standard InChI is InChI=1S/C22H21NO2S/c1-2-26-21-14-7-6-13-20(21)23-22(24)18-11-8-12-19(15-18)25-16-17-9-4-3-5-10-17/h3-15H,2,16H2,1H3,(H,23,24). The van der Waals surface area contributed by atoms with Crippen molar-refractivity contribution in [2.24, 2.45) is 0 Å². The second kappa shape index (κ2) is 9.11. The quantitative estimate of drug-likeness (QED) is 0.553. The first-order chi connectivity index (χ1) is 12.8. The smallest absolute Gasteiger partial charge is 0.255 e. The van der Waals surface area contributed by atoms with Gasteiger partial charge >= 0.3 is 0 Å². The van der Waals surface area contributed by atoms with Crippen molar-refractivity contribution in [1.82, 2.24) is 0 Å². The van der Waals surface area contributed by atoms with Gasteiger partial charge in [-0.2, -0.15) is 0 Å². The number of nitrogens with one attached hydrogen (secondary N) is 1. The van der Waals surface area contributed by atoms with Gasteiger partial charge in [-0.3, -0.25) is 4.79 Å². The van der Waals surface area contributed by atoms with E-state index in [9.17, 15) is 4.79 Å². The van der Waals surface area contributed by atoms with Crippen LogP contribution in [-0.4, -0.2) is 11.7 Å². The van der Waals surface area contributed by atoms with Crippen LogP contribution in [0.1, 0.15) is 22.8 Å². The van der Waals surface area contributed by atoms with Gasteiger partial charge in [-0.15, -0.1) is 11.8 Å². The third kappa shape index (κ3) is 4.90. The molecule has 1 amide bonds. The number of benzene rings is 3. The van der Waals surface area contributed by atoms with Crippen molar-refractivity contribution >= 4 is 23.4 Å². The van der Waals surface area contributed by atoms with Gasteiger partial charge in [-0.05, 0) is 41.6 Å². The Labute approximate surface area is 158 Å². The number of thioether (sulfide) groups is 1. The summed E-state index contributed by atoms with van der Waals surface area (Å²) in [5.41, 5.74) is 2.50. The third-order valence-corrected chi connectivity index (χ3v) is 4.74. The maximum atomic E-state index is 12.6. The number of hydrogen-bond donors (Lipinski definition) is 1. The minimum absolute atomic E-state index is 0.140. The number of rotatable bonds is 7. The van der Waals surface area contributed by atoms with E-state index in [2.05, 4.69) is 12.2 Å². The van der Waals surface area contributed by atoms with E-state index < -0.39 is 0 Å². The number of amides is 1. The van der Waals surface area contributed by atoms with Crippen molar-refractivity contribution < 1.29 is 9.53 Å². The van der Waals surface area contributed by atoms with Gasteiger partial charge in [0.05, 0.1) is 5.69 Å². The summed E-state index contributed by atoms with van der Waals surface area (Å²) in [6.07, 6.45) is 0. The molecule has 0 aromatic heterocycles. The molecule has 3 rings (SSSR count). The molecule has 3 aromatic carbocycles. The average Bonchev–Trinajstić information content (AvgIpc) is 2.69. The molecule has 3 nitrogen and oxygen atoms in total. The van der Waals surface area contributed by atoms with E-state index in [1.54, 1.807) is 23.9 Å². The van der Waals surface area contributed by atoms with Gasteiger partial charge in [0.1, 0.15) is 12.4 Å². The Bertz CT molecular complexity index is 865. The second-order valence-electron chi connectivity index (χ2n) is 5.69. The number of anilines is 1. The lowest BCUT2D eigenvalue weighted by atomic mass is 10.2. The van der Waals surface area contributed by atoms with E-state index in [1.807, 2.05) is 66.7 Å². The molecule has 0 bridgehead atoms. The van der Waals surface area contributed by atoms with Gasteiger partial charge in [0.2, 0.25) is 0 Å². The van der Waals surface area contributed by atoms with Crippen molar-refractivity contribution in [3.63, 3.8) is 0 Å². The van der Waals surface area contributed by atoms with Crippen molar-refractivity contribution in [3.05, 3.63) is 90.0 Å². The molecule has 1 N–H and O–H groups in total. The Kier molecular flexibility index (Phi) is 6.34. The number of para-hydroxylation sites is 1. The minimum Gasteiger partial charge on any atom is -0.489 e. The monoisotopic (exact) mass is 363 g/mol. The van der Waals surface area contributed by atoms with Crippen LogP contribution in [0.3, 0.4) is 0 Å². The summed E-state index contributed by atoms with van der Waals surface area (Å²) >= 11 is 1.71. The molecule has 3 aromatic rings. The molecule has 0 fully saturated rings. The minimum atomic E-state index is -0.140. The summed E-state index contributed by atoms with van der Waals surface area (Å²) in [7, 11) is 0. The zero-order valence-corrected chi connectivity index (χ0v) is 15.5. The first-order valence-electron chi connectivity index (χ1n) is 8.56. The van der Waals surface area contributed by atoms with Crippen LogP contribution in [-0.2, 0) is 6.61 Å². The molecule has 0 aliphatic rings. The van der Waals surface area contributed by atoms with Crippen LogP contribution in [0.25, 0.3) is 0 Å². The Morgan fingerprint density at radius 3 is 2.54 bits per heavy atom. The highest BCUT2D eigenvalue weighted by Gasteiger charge is 2.10. The molecule has 0 saturated heterocycles. The predicted octanol–water partition coefficient (Wildman–Crippen LogP) is 5.63. The zero-order valence-electron chi connectivity index (χ0n) is 14.6. The molecule has 0 spiro atoms. The molecule has 0 aliphatic heterocycles. The molecule has 26 heavy (non-hydrogen) atoms. The molecular formula is C22H21NO2S. The Hall–Kier alpha value is -2.72. The fourth-order valence-corrected chi connectivity index (χ4v) is 3.27. The van der Waals surface area contributed by atoms with E-state index in [-0.39, 0.29) is 5.91 Å². The van der Waals surface area contributed by atoms with Crippen LogP contribution >= 0.6 is 11.8 Å². The second-order valence-corrected chi connectivity index (χ2v) is 6.99. The first-order valence-corrected chi connectivity index (χ1v) is 9.55. The van der Waals surface area contributed by atoms with Crippen molar-refractivity contribution in [2.75, 3.05) is 11.1 Å². The Morgan fingerprint density at radius 2 is 1.73 bits per heavy atom. The average molecular weight is 363 g/mol. The van der Waals surface area contributed by atoms with E-state index in [4.69, 9.17) is 4.74 Å². The number of hydrogen-bond acceptors (Lipinski definition) is 3. The fourth-order valence-electron chi connectivity index (χ4n) is 2.51. The fraction of sp³-hybridized carbons (Fsp3) is 0.136. The predicted molar refractivity (Wildman–Crippen MR) is 108 cm³/mol. The molecular weight excluding hydrogens is 342 g/mol. The first kappa shape index (κ1) is 18.1. The number of carbonyl (C=O) groups excluding carboxylic acids is 1.